The van der Waals surface area contributed by atoms with Gasteiger partial charge >= 0.3 is 0 Å². The van der Waals surface area contributed by atoms with Crippen LogP contribution < -0.4 is 10.0 Å². The maximum Gasteiger partial charge on any atom is 0.198 e. The number of hydrogen-bond acceptors (Lipinski definition) is 11. The van der Waals surface area contributed by atoms with E-state index in [0.29, 0.717) is 11.4 Å². The zero-order valence-corrected chi connectivity index (χ0v) is 26.9. The van der Waals surface area contributed by atoms with Crippen molar-refractivity contribution in [2.45, 2.75) is 99.4 Å². The van der Waals surface area contributed by atoms with E-state index in [1.54, 1.807) is 16.5 Å². The fourth-order valence-electron chi connectivity index (χ4n) is 4.95. The number of aromatic amines is 1. The lowest BCUT2D eigenvalue weighted by atomic mass is 10.2. The number of carbonyl (C=O) groups is 4. The molecule has 0 amide bonds. The normalized spacial score (nSPS) is 17.2. The number of aliphatic hydroxyl groups excluding tert-OH is 1. The lowest BCUT2D eigenvalue weighted by Gasteiger charge is -2.23. The number of aliphatic hydroxyl groups is 2. The lowest BCUT2D eigenvalue weighted by molar-refractivity contribution is -0.109. The molecule has 44 heavy (non-hydrogen) atoms. The summed E-state index contributed by atoms with van der Waals surface area (Å²) in [6, 6.07) is -0.283. The van der Waals surface area contributed by atoms with Crippen molar-refractivity contribution < 1.29 is 29.4 Å². The van der Waals surface area contributed by atoms with Crippen LogP contribution in [0.5, 0.6) is 0 Å². The molecule has 5 rings (SSSR count). The molecule has 0 saturated carbocycles. The standard InChI is InChI=1S/C11H17N3O3.C11H15N3O2.C6H8N2O.C2H6/c1-7-8(2)14(12-10(7)11(16)17)13-5-3-4-9(13)6-15;1-8-9(2)14(12-11(8)7-16)13-5-3-4-10(13)6-15;1-4-5(2)7-8-6(4)3-9;1-2/h6,9,11,16-17H,3-5H2,1-2H3;6-7,10H,3-5H2,1-2H3;3H,1-2H3,(H,7,8);1-2H3/t9-;10-;;/m00../s1. The fourth-order valence-corrected chi connectivity index (χ4v) is 4.95. The molecule has 2 atom stereocenters. The highest BCUT2D eigenvalue weighted by Crippen LogP contribution is 2.22. The van der Waals surface area contributed by atoms with Gasteiger partial charge in [-0.05, 0) is 67.2 Å². The summed E-state index contributed by atoms with van der Waals surface area (Å²) < 4.78 is 0. The summed E-state index contributed by atoms with van der Waals surface area (Å²) in [6.45, 7) is 16.7. The zero-order chi connectivity index (χ0) is 33.1. The average Bonchev–Trinajstić information content (AvgIpc) is 3.86. The van der Waals surface area contributed by atoms with Gasteiger partial charge in [0, 0.05) is 35.5 Å². The molecule has 0 aromatic carbocycles. The predicted molar refractivity (Wildman–Crippen MR) is 165 cm³/mol. The Balaban J connectivity index is 0.000000233. The number of rotatable bonds is 7. The Labute approximate surface area is 258 Å². The number of H-pyrrole nitrogens is 1. The first-order chi connectivity index (χ1) is 21.0. The van der Waals surface area contributed by atoms with E-state index >= 15 is 0 Å². The van der Waals surface area contributed by atoms with Crippen LogP contribution in [0.1, 0.15) is 106 Å². The molecular weight excluding hydrogens is 568 g/mol. The second-order valence-corrected chi connectivity index (χ2v) is 10.5. The first kappa shape index (κ1) is 36.0. The first-order valence-corrected chi connectivity index (χ1v) is 14.8. The highest BCUT2D eigenvalue weighted by atomic mass is 16.5. The van der Waals surface area contributed by atoms with E-state index in [9.17, 15) is 29.4 Å². The second kappa shape index (κ2) is 16.6. The monoisotopic (exact) mass is 614 g/mol. The van der Waals surface area contributed by atoms with E-state index in [2.05, 4.69) is 20.4 Å². The summed E-state index contributed by atoms with van der Waals surface area (Å²) in [4.78, 5) is 46.1. The molecule has 3 aromatic rings. The summed E-state index contributed by atoms with van der Waals surface area (Å²) in [7, 11) is 0. The molecule has 2 aliphatic rings. The van der Waals surface area contributed by atoms with Gasteiger partial charge in [-0.3, -0.25) is 24.7 Å². The molecule has 2 fully saturated rings. The Kier molecular flexibility index (Phi) is 13.6. The molecule has 14 nitrogen and oxygen atoms in total. The Morgan fingerprint density at radius 1 is 0.727 bits per heavy atom. The number of aldehydes is 4. The number of nitrogens with zero attached hydrogens (tertiary/aromatic N) is 7. The fraction of sp³-hybridized carbons (Fsp3) is 0.567. The second-order valence-electron chi connectivity index (χ2n) is 10.5. The van der Waals surface area contributed by atoms with E-state index < -0.39 is 6.29 Å². The van der Waals surface area contributed by atoms with E-state index in [1.165, 1.54) is 0 Å². The van der Waals surface area contributed by atoms with Crippen molar-refractivity contribution in [2.24, 2.45) is 0 Å². The number of carbonyl (C=O) groups excluding carboxylic acids is 4. The minimum absolute atomic E-state index is 0.113. The first-order valence-electron chi connectivity index (χ1n) is 14.8. The van der Waals surface area contributed by atoms with Gasteiger partial charge in [0.1, 0.15) is 41.7 Å². The van der Waals surface area contributed by atoms with Gasteiger partial charge in [0.2, 0.25) is 0 Å². The number of nitrogens with one attached hydrogen (secondary N) is 1. The minimum Gasteiger partial charge on any atom is -0.363 e. The highest BCUT2D eigenvalue weighted by Gasteiger charge is 2.29. The van der Waals surface area contributed by atoms with E-state index in [-0.39, 0.29) is 17.8 Å². The third-order valence-electron chi connectivity index (χ3n) is 7.96. The van der Waals surface area contributed by atoms with Crippen molar-refractivity contribution >= 4 is 25.1 Å². The molecular formula is C30H46N8O6. The van der Waals surface area contributed by atoms with Crippen molar-refractivity contribution in [3.63, 3.8) is 0 Å². The van der Waals surface area contributed by atoms with Crippen LogP contribution in [0.15, 0.2) is 0 Å². The molecule has 0 radical (unpaired) electrons. The maximum atomic E-state index is 10.9. The Bertz CT molecular complexity index is 1410. The molecule has 2 saturated heterocycles. The molecule has 14 heteroatoms. The molecule has 0 bridgehead atoms. The third kappa shape index (κ3) is 7.85. The summed E-state index contributed by atoms with van der Waals surface area (Å²) in [6.07, 6.45) is 5.40. The zero-order valence-electron chi connectivity index (χ0n) is 26.9. The predicted octanol–water partition coefficient (Wildman–Crippen LogP) is 2.26. The summed E-state index contributed by atoms with van der Waals surface area (Å²) >= 11 is 0. The largest absolute Gasteiger partial charge is 0.363 e. The van der Waals surface area contributed by atoms with Crippen LogP contribution in [0.3, 0.4) is 0 Å². The quantitative estimate of drug-likeness (QED) is 0.262. The molecule has 5 heterocycles. The molecule has 0 spiro atoms. The van der Waals surface area contributed by atoms with Crippen molar-refractivity contribution in [2.75, 3.05) is 23.1 Å². The summed E-state index contributed by atoms with van der Waals surface area (Å²) in [5.74, 6) is 0. The van der Waals surface area contributed by atoms with Crippen molar-refractivity contribution in [1.82, 2.24) is 30.0 Å². The van der Waals surface area contributed by atoms with Gasteiger partial charge in [-0.1, -0.05) is 13.8 Å². The van der Waals surface area contributed by atoms with Crippen molar-refractivity contribution in [1.29, 1.82) is 0 Å². The van der Waals surface area contributed by atoms with Crippen LogP contribution in [0.25, 0.3) is 0 Å². The van der Waals surface area contributed by atoms with Crippen LogP contribution in [-0.4, -0.2) is 90.5 Å². The van der Waals surface area contributed by atoms with Crippen LogP contribution in [0.4, 0.5) is 0 Å². The molecule has 3 aromatic heterocycles. The van der Waals surface area contributed by atoms with Gasteiger partial charge in [0.15, 0.2) is 18.9 Å². The van der Waals surface area contributed by atoms with Crippen molar-refractivity contribution in [3.8, 4) is 0 Å². The van der Waals surface area contributed by atoms with Crippen molar-refractivity contribution in [3.05, 3.63) is 50.9 Å². The molecule has 2 aliphatic heterocycles. The van der Waals surface area contributed by atoms with E-state index in [1.807, 2.05) is 58.5 Å². The summed E-state index contributed by atoms with van der Waals surface area (Å²) in [5, 5.41) is 37.0. The van der Waals surface area contributed by atoms with E-state index in [0.717, 1.165) is 97.7 Å². The molecule has 0 aliphatic carbocycles. The topological polar surface area (TPSA) is 180 Å². The molecule has 0 unspecified atom stereocenters. The van der Waals surface area contributed by atoms with Gasteiger partial charge in [0.05, 0.1) is 11.4 Å². The van der Waals surface area contributed by atoms with Gasteiger partial charge in [-0.2, -0.15) is 19.8 Å². The smallest absolute Gasteiger partial charge is 0.198 e. The summed E-state index contributed by atoms with van der Waals surface area (Å²) in [5.41, 5.74) is 6.49. The Hall–Kier alpha value is -4.17. The SMILES string of the molecule is CC.Cc1[nH]nc(C=O)c1C.Cc1c(C(O)O)nn(N2CCC[C@H]2C=O)c1C.Cc1c(C=O)nn(N2CCC[C@H]2C=O)c1C. The maximum absolute atomic E-state index is 10.9. The highest BCUT2D eigenvalue weighted by molar-refractivity contribution is 5.75. The Morgan fingerprint density at radius 2 is 1.20 bits per heavy atom. The van der Waals surface area contributed by atoms with Gasteiger partial charge in [0.25, 0.3) is 0 Å². The van der Waals surface area contributed by atoms with Crippen LogP contribution in [-0.2, 0) is 9.59 Å². The van der Waals surface area contributed by atoms with Gasteiger partial charge in [-0.25, -0.2) is 0 Å². The van der Waals surface area contributed by atoms with Gasteiger partial charge in [-0.15, -0.1) is 5.10 Å². The average molecular weight is 615 g/mol. The Morgan fingerprint density at radius 3 is 1.55 bits per heavy atom. The molecule has 3 N–H and O–H groups in total. The molecule has 242 valence electrons. The number of aromatic nitrogens is 6. The third-order valence-corrected chi connectivity index (χ3v) is 7.96. The van der Waals surface area contributed by atoms with Crippen LogP contribution in [0, 0.1) is 41.5 Å². The van der Waals surface area contributed by atoms with Crippen LogP contribution >= 0.6 is 0 Å². The number of hydrogen-bond donors (Lipinski definition) is 3. The van der Waals surface area contributed by atoms with E-state index in [4.69, 9.17) is 0 Å². The van der Waals surface area contributed by atoms with Crippen LogP contribution in [0.2, 0.25) is 0 Å². The minimum atomic E-state index is -1.58. The number of aryl methyl sites for hydroxylation is 1. The lowest BCUT2D eigenvalue weighted by Crippen LogP contribution is -2.41. The van der Waals surface area contributed by atoms with Gasteiger partial charge < -0.3 is 19.8 Å².